The van der Waals surface area contributed by atoms with E-state index in [0.29, 0.717) is 17.8 Å². The SMILES string of the molecule is CC(C)=CC(=O)O[C@@H]1CC[C@]2(C)[C@H]3CC[C@]45C[C@]4(CC[C@@H]5[C@@H]4C[C@H]([C@@H]5OC5(C)C)OC4O)[C@]3(C)[C@H](O)C[C@H]2C1(C)C. The van der Waals surface area contributed by atoms with Gasteiger partial charge in [0.15, 0.2) is 6.29 Å². The Balaban J connectivity index is 1.14. The molecule has 7 rings (SSSR count). The maximum atomic E-state index is 12.6. The monoisotopic (exact) mass is 570 g/mol. The fourth-order valence-electron chi connectivity index (χ4n) is 13.0. The number of ether oxygens (including phenoxy) is 3. The normalized spacial score (nSPS) is 55.6. The summed E-state index contributed by atoms with van der Waals surface area (Å²) >= 11 is 0. The van der Waals surface area contributed by atoms with E-state index in [1.807, 2.05) is 13.8 Å². The topological polar surface area (TPSA) is 88.5 Å². The van der Waals surface area contributed by atoms with Gasteiger partial charge in [0.2, 0.25) is 0 Å². The quantitative estimate of drug-likeness (QED) is 0.239. The van der Waals surface area contributed by atoms with Crippen LogP contribution in [0.4, 0.5) is 0 Å². The fourth-order valence-corrected chi connectivity index (χ4v) is 13.0. The highest BCUT2D eigenvalue weighted by Gasteiger charge is 2.86. The van der Waals surface area contributed by atoms with Crippen molar-refractivity contribution in [3.63, 3.8) is 0 Å². The molecule has 2 saturated heterocycles. The molecule has 2 heterocycles. The van der Waals surface area contributed by atoms with E-state index in [2.05, 4.69) is 41.5 Å². The summed E-state index contributed by atoms with van der Waals surface area (Å²) in [6.45, 7) is 17.6. The second-order valence-electron chi connectivity index (χ2n) is 17.4. The first-order chi connectivity index (χ1) is 19.0. The molecule has 0 aromatic rings. The molecule has 5 aliphatic carbocycles. The molecule has 0 spiro atoms. The number of aliphatic hydroxyl groups excluding tert-OH is 2. The summed E-state index contributed by atoms with van der Waals surface area (Å²) in [6.07, 6.45) is 9.92. The van der Waals surface area contributed by atoms with E-state index >= 15 is 0 Å². The van der Waals surface area contributed by atoms with Crippen LogP contribution in [-0.2, 0) is 19.0 Å². The van der Waals surface area contributed by atoms with Crippen LogP contribution >= 0.6 is 0 Å². The Morgan fingerprint density at radius 1 is 0.927 bits per heavy atom. The van der Waals surface area contributed by atoms with Crippen molar-refractivity contribution >= 4 is 5.97 Å². The van der Waals surface area contributed by atoms with Crippen LogP contribution in [0.25, 0.3) is 0 Å². The lowest BCUT2D eigenvalue weighted by molar-refractivity contribution is -0.245. The number of rotatable bonds is 4. The van der Waals surface area contributed by atoms with E-state index in [1.54, 1.807) is 6.08 Å². The minimum absolute atomic E-state index is 0.00901. The number of esters is 1. The van der Waals surface area contributed by atoms with E-state index < -0.39 is 6.29 Å². The van der Waals surface area contributed by atoms with Gasteiger partial charge < -0.3 is 24.4 Å². The first kappa shape index (κ1) is 28.8. The molecule has 0 aromatic heterocycles. The van der Waals surface area contributed by atoms with E-state index in [-0.39, 0.29) is 69.0 Å². The van der Waals surface area contributed by atoms with Crippen LogP contribution in [0.3, 0.4) is 0 Å². The van der Waals surface area contributed by atoms with E-state index in [0.717, 1.165) is 50.5 Å². The molecule has 7 fully saturated rings. The molecule has 13 atom stereocenters. The van der Waals surface area contributed by atoms with Crippen LogP contribution in [0.5, 0.6) is 0 Å². The number of fused-ring (bicyclic) bond motifs is 3. The summed E-state index contributed by atoms with van der Waals surface area (Å²) in [5, 5.41) is 23.4. The van der Waals surface area contributed by atoms with Crippen molar-refractivity contribution in [2.45, 2.75) is 149 Å². The largest absolute Gasteiger partial charge is 0.459 e. The van der Waals surface area contributed by atoms with E-state index in [1.165, 1.54) is 12.8 Å². The van der Waals surface area contributed by atoms with Gasteiger partial charge in [0.25, 0.3) is 0 Å². The first-order valence-corrected chi connectivity index (χ1v) is 16.6. The summed E-state index contributed by atoms with van der Waals surface area (Å²) in [7, 11) is 0. The molecule has 0 amide bonds. The van der Waals surface area contributed by atoms with Crippen molar-refractivity contribution in [2.24, 2.45) is 50.7 Å². The van der Waals surface area contributed by atoms with Gasteiger partial charge in [-0.15, -0.1) is 0 Å². The summed E-state index contributed by atoms with van der Waals surface area (Å²) in [4.78, 5) is 12.6. The second-order valence-corrected chi connectivity index (χ2v) is 17.4. The van der Waals surface area contributed by atoms with Crippen molar-refractivity contribution < 1.29 is 29.2 Å². The molecule has 6 heteroatoms. The van der Waals surface area contributed by atoms with Crippen LogP contribution in [-0.4, -0.2) is 52.5 Å². The van der Waals surface area contributed by atoms with Gasteiger partial charge >= 0.3 is 5.97 Å². The first-order valence-electron chi connectivity index (χ1n) is 16.6. The molecule has 1 unspecified atom stereocenters. The summed E-state index contributed by atoms with van der Waals surface area (Å²) in [5.74, 6) is 1.14. The van der Waals surface area contributed by atoms with Gasteiger partial charge in [-0.1, -0.05) is 33.3 Å². The average Bonchev–Trinajstić information content (AvgIpc) is 3.62. The zero-order chi connectivity index (χ0) is 29.5. The molecular weight excluding hydrogens is 516 g/mol. The lowest BCUT2D eigenvalue weighted by atomic mass is 9.37. The highest BCUT2D eigenvalue weighted by Crippen LogP contribution is 2.91. The van der Waals surface area contributed by atoms with E-state index in [4.69, 9.17) is 14.2 Å². The zero-order valence-electron chi connectivity index (χ0n) is 26.7. The summed E-state index contributed by atoms with van der Waals surface area (Å²) in [6, 6.07) is 0. The highest BCUT2D eigenvalue weighted by molar-refractivity contribution is 5.82. The smallest absolute Gasteiger partial charge is 0.330 e. The average molecular weight is 571 g/mol. The number of epoxide rings is 1. The standard InChI is InChI=1S/C35H54O6/c1-19(2)15-27(37)40-26-11-12-32(7)23-10-13-34-18-35(34,33(23,8)25(36)17-24(32)30(26,3)4)14-9-21(34)20-16-22(39-29(20)38)28-31(5,6)41-28/h15,20-26,28-29,36,38H,9-14,16-18H2,1-8H3/t20-,21+,22+,23+,24-,25+,26+,28-,29?,32+,33-,34+,35+/m0/s1. The van der Waals surface area contributed by atoms with Crippen molar-refractivity contribution in [1.82, 2.24) is 0 Å². The Kier molecular flexibility index (Phi) is 6.05. The van der Waals surface area contributed by atoms with Gasteiger partial charge in [-0.2, -0.15) is 0 Å². The van der Waals surface area contributed by atoms with Crippen molar-refractivity contribution in [1.29, 1.82) is 0 Å². The summed E-state index contributed by atoms with van der Waals surface area (Å²) < 4.78 is 18.1. The predicted molar refractivity (Wildman–Crippen MR) is 156 cm³/mol. The van der Waals surface area contributed by atoms with Gasteiger partial charge in [-0.05, 0) is 119 Å². The molecule has 7 aliphatic rings. The van der Waals surface area contributed by atoms with Gasteiger partial charge in [0.05, 0.1) is 17.8 Å². The Labute approximate surface area is 247 Å². The van der Waals surface area contributed by atoms with E-state index in [9.17, 15) is 15.0 Å². The molecular formula is C35H54O6. The maximum absolute atomic E-state index is 12.6. The van der Waals surface area contributed by atoms with Crippen LogP contribution in [0.15, 0.2) is 11.6 Å². The van der Waals surface area contributed by atoms with Crippen LogP contribution < -0.4 is 0 Å². The Hall–Kier alpha value is -0.950. The maximum Gasteiger partial charge on any atom is 0.330 e. The van der Waals surface area contributed by atoms with Crippen LogP contribution in [0.1, 0.15) is 113 Å². The van der Waals surface area contributed by atoms with Crippen molar-refractivity contribution in [2.75, 3.05) is 0 Å². The molecule has 2 N–H and O–H groups in total. The second kappa shape index (κ2) is 8.61. The predicted octanol–water partition coefficient (Wildman–Crippen LogP) is 6.18. The van der Waals surface area contributed by atoms with Gasteiger partial charge in [0, 0.05) is 22.8 Å². The van der Waals surface area contributed by atoms with Crippen molar-refractivity contribution in [3.05, 3.63) is 11.6 Å². The number of aliphatic hydroxyl groups is 2. The van der Waals surface area contributed by atoms with Crippen molar-refractivity contribution in [3.8, 4) is 0 Å². The van der Waals surface area contributed by atoms with Gasteiger partial charge in [-0.3, -0.25) is 0 Å². The molecule has 0 bridgehead atoms. The Bertz CT molecular complexity index is 1160. The molecule has 0 radical (unpaired) electrons. The van der Waals surface area contributed by atoms with Gasteiger partial charge in [0.1, 0.15) is 12.2 Å². The van der Waals surface area contributed by atoms with Crippen LogP contribution in [0.2, 0.25) is 0 Å². The Morgan fingerprint density at radius 3 is 2.29 bits per heavy atom. The summed E-state index contributed by atoms with van der Waals surface area (Å²) in [5.41, 5.74) is 0.972. The number of hydrogen-bond donors (Lipinski definition) is 2. The Morgan fingerprint density at radius 2 is 1.63 bits per heavy atom. The fraction of sp³-hybridized carbons (Fsp3) is 0.914. The third kappa shape index (κ3) is 3.60. The molecule has 2 aliphatic heterocycles. The number of carbonyl (C=O) groups is 1. The lowest BCUT2D eigenvalue weighted by Crippen LogP contribution is -2.66. The minimum atomic E-state index is -0.704. The number of carbonyl (C=O) groups excluding carboxylic acids is 1. The number of hydrogen-bond acceptors (Lipinski definition) is 6. The third-order valence-corrected chi connectivity index (χ3v) is 14.9. The van der Waals surface area contributed by atoms with Gasteiger partial charge in [-0.25, -0.2) is 4.79 Å². The van der Waals surface area contributed by atoms with Crippen LogP contribution in [0, 0.1) is 50.7 Å². The molecule has 0 aromatic carbocycles. The highest BCUT2D eigenvalue weighted by atomic mass is 16.7. The lowest BCUT2D eigenvalue weighted by Gasteiger charge is -2.68. The third-order valence-electron chi connectivity index (χ3n) is 14.9. The number of allylic oxidation sites excluding steroid dienone is 1. The molecule has 6 nitrogen and oxygen atoms in total. The minimum Gasteiger partial charge on any atom is -0.459 e. The zero-order valence-corrected chi connectivity index (χ0v) is 26.7. The molecule has 230 valence electrons. The molecule has 41 heavy (non-hydrogen) atoms. The molecule has 5 saturated carbocycles.